The maximum atomic E-state index is 12.8. The van der Waals surface area contributed by atoms with Crippen LogP contribution in [0.25, 0.3) is 6.08 Å². The molecular weight excluding hydrogens is 467 g/mol. The van der Waals surface area contributed by atoms with Crippen molar-refractivity contribution < 1.29 is 28.5 Å². The number of methoxy groups -OCH3 is 2. The van der Waals surface area contributed by atoms with Gasteiger partial charge in [-0.2, -0.15) is 0 Å². The van der Waals surface area contributed by atoms with Crippen LogP contribution in [0.15, 0.2) is 54.3 Å². The summed E-state index contributed by atoms with van der Waals surface area (Å²) in [5.74, 6) is 0.632. The Kier molecular flexibility index (Phi) is 6.31. The van der Waals surface area contributed by atoms with Crippen LogP contribution in [0.4, 0.5) is 0 Å². The molecule has 0 aromatic heterocycles. The smallest absolute Gasteiger partial charge is 0.343 e. The first-order valence-electron chi connectivity index (χ1n) is 9.80. The van der Waals surface area contributed by atoms with Crippen molar-refractivity contribution in [3.05, 3.63) is 86.6 Å². The molecule has 0 amide bonds. The van der Waals surface area contributed by atoms with Crippen molar-refractivity contribution in [3.8, 4) is 23.0 Å². The molecule has 0 N–H and O–H groups in total. The van der Waals surface area contributed by atoms with Gasteiger partial charge in [0.1, 0.15) is 11.5 Å². The minimum Gasteiger partial charge on any atom is -0.493 e. The normalized spacial score (nSPS) is 13.5. The van der Waals surface area contributed by atoms with Crippen molar-refractivity contribution in [1.82, 2.24) is 0 Å². The first-order chi connectivity index (χ1) is 15.8. The van der Waals surface area contributed by atoms with Crippen LogP contribution < -0.4 is 18.9 Å². The fraction of sp³-hybridized carbons (Fsp3) is 0.120. The van der Waals surface area contributed by atoms with E-state index < -0.39 is 5.97 Å². The summed E-state index contributed by atoms with van der Waals surface area (Å²) in [5, 5.41) is 0.784. The molecule has 6 nitrogen and oxygen atoms in total. The van der Waals surface area contributed by atoms with Gasteiger partial charge in [-0.3, -0.25) is 4.79 Å². The number of rotatable bonds is 5. The van der Waals surface area contributed by atoms with Crippen molar-refractivity contribution >= 4 is 41.0 Å². The average molecular weight is 485 g/mol. The summed E-state index contributed by atoms with van der Waals surface area (Å²) in [6.07, 6.45) is 1.50. The average Bonchev–Trinajstić information content (AvgIpc) is 3.13. The van der Waals surface area contributed by atoms with Gasteiger partial charge in [0.05, 0.1) is 25.3 Å². The van der Waals surface area contributed by atoms with E-state index in [4.69, 9.17) is 42.1 Å². The Bertz CT molecular complexity index is 1290. The van der Waals surface area contributed by atoms with E-state index in [0.717, 1.165) is 0 Å². The molecule has 0 fully saturated rings. The summed E-state index contributed by atoms with van der Waals surface area (Å²) in [5.41, 5.74) is 1.62. The minimum atomic E-state index is -0.595. The molecule has 1 aliphatic rings. The number of hydrogen-bond donors (Lipinski definition) is 0. The second-order valence-corrected chi connectivity index (χ2v) is 7.91. The molecule has 0 aliphatic carbocycles. The van der Waals surface area contributed by atoms with Crippen LogP contribution in [0, 0.1) is 6.92 Å². The predicted molar refractivity (Wildman–Crippen MR) is 125 cm³/mol. The van der Waals surface area contributed by atoms with E-state index in [1.165, 1.54) is 26.4 Å². The lowest BCUT2D eigenvalue weighted by Gasteiger charge is -2.12. The monoisotopic (exact) mass is 484 g/mol. The number of hydrogen-bond acceptors (Lipinski definition) is 6. The molecule has 33 heavy (non-hydrogen) atoms. The first kappa shape index (κ1) is 22.7. The van der Waals surface area contributed by atoms with Crippen molar-refractivity contribution in [2.45, 2.75) is 6.92 Å². The topological polar surface area (TPSA) is 71.1 Å². The second kappa shape index (κ2) is 9.17. The third-order valence-corrected chi connectivity index (χ3v) is 5.79. The summed E-state index contributed by atoms with van der Waals surface area (Å²) in [7, 11) is 2.99. The lowest BCUT2D eigenvalue weighted by atomic mass is 10.1. The number of benzene rings is 3. The summed E-state index contributed by atoms with van der Waals surface area (Å²) >= 11 is 12.4. The van der Waals surface area contributed by atoms with Gasteiger partial charge < -0.3 is 18.9 Å². The predicted octanol–water partition coefficient (Wildman–Crippen LogP) is 6.15. The molecule has 0 saturated carbocycles. The summed E-state index contributed by atoms with van der Waals surface area (Å²) in [6.45, 7) is 1.70. The molecule has 0 unspecified atom stereocenters. The van der Waals surface area contributed by atoms with Crippen LogP contribution in [0.3, 0.4) is 0 Å². The molecule has 0 saturated heterocycles. The number of ether oxygens (including phenoxy) is 4. The maximum absolute atomic E-state index is 12.8. The highest BCUT2D eigenvalue weighted by Gasteiger charge is 2.31. The summed E-state index contributed by atoms with van der Waals surface area (Å²) in [6, 6.07) is 12.9. The number of fused-ring (bicyclic) bond motifs is 1. The third-order valence-electron chi connectivity index (χ3n) is 5.13. The molecule has 168 valence electrons. The van der Waals surface area contributed by atoms with E-state index in [0.29, 0.717) is 44.0 Å². The van der Waals surface area contributed by atoms with Crippen LogP contribution in [-0.4, -0.2) is 26.0 Å². The molecule has 1 aliphatic heterocycles. The zero-order valence-electron chi connectivity index (χ0n) is 17.9. The Hall–Kier alpha value is -3.48. The van der Waals surface area contributed by atoms with Crippen LogP contribution >= 0.6 is 23.2 Å². The van der Waals surface area contributed by atoms with Gasteiger partial charge in [0.2, 0.25) is 5.78 Å². The number of carbonyl (C=O) groups excluding carboxylic acids is 2. The molecule has 0 spiro atoms. The van der Waals surface area contributed by atoms with Gasteiger partial charge in [0.25, 0.3) is 0 Å². The van der Waals surface area contributed by atoms with Crippen LogP contribution in [-0.2, 0) is 0 Å². The van der Waals surface area contributed by atoms with E-state index >= 15 is 0 Å². The van der Waals surface area contributed by atoms with E-state index in [1.807, 2.05) is 0 Å². The number of esters is 1. The van der Waals surface area contributed by atoms with Crippen LogP contribution in [0.1, 0.15) is 31.8 Å². The molecule has 0 bridgehead atoms. The highest BCUT2D eigenvalue weighted by Crippen LogP contribution is 2.40. The van der Waals surface area contributed by atoms with E-state index in [1.54, 1.807) is 49.4 Å². The largest absolute Gasteiger partial charge is 0.493 e. The van der Waals surface area contributed by atoms with Gasteiger partial charge in [0.15, 0.2) is 17.3 Å². The highest BCUT2D eigenvalue weighted by atomic mass is 35.5. The SMILES string of the molecule is COc1ccc(C(=O)Oc2ccc3c(c2C)O/C(=C\c2c(Cl)cccc2Cl)C3=O)cc1OC. The van der Waals surface area contributed by atoms with Crippen molar-refractivity contribution in [3.63, 3.8) is 0 Å². The molecule has 4 rings (SSSR count). The van der Waals surface area contributed by atoms with Crippen LogP contribution in [0.2, 0.25) is 10.0 Å². The Labute approximate surface area is 200 Å². The lowest BCUT2D eigenvalue weighted by molar-refractivity contribution is 0.0732. The van der Waals surface area contributed by atoms with E-state index in [2.05, 4.69) is 0 Å². The van der Waals surface area contributed by atoms with Gasteiger partial charge >= 0.3 is 5.97 Å². The van der Waals surface area contributed by atoms with Gasteiger partial charge in [-0.05, 0) is 55.5 Å². The van der Waals surface area contributed by atoms with Crippen molar-refractivity contribution in [2.75, 3.05) is 14.2 Å². The Morgan fingerprint density at radius 3 is 2.27 bits per heavy atom. The van der Waals surface area contributed by atoms with Gasteiger partial charge in [0, 0.05) is 21.2 Å². The number of ketones is 1. The highest BCUT2D eigenvalue weighted by molar-refractivity contribution is 6.37. The summed E-state index contributed by atoms with van der Waals surface area (Å²) in [4.78, 5) is 25.6. The van der Waals surface area contributed by atoms with Gasteiger partial charge in [-0.15, -0.1) is 0 Å². The zero-order chi connectivity index (χ0) is 23.7. The minimum absolute atomic E-state index is 0.0754. The molecule has 0 atom stereocenters. The quantitative estimate of drug-likeness (QED) is 0.245. The Morgan fingerprint density at radius 1 is 0.939 bits per heavy atom. The fourth-order valence-corrected chi connectivity index (χ4v) is 3.89. The first-order valence-corrected chi connectivity index (χ1v) is 10.6. The fourth-order valence-electron chi connectivity index (χ4n) is 3.38. The molecule has 0 radical (unpaired) electrons. The molecule has 3 aromatic rings. The number of halogens is 2. The molecule has 1 heterocycles. The van der Waals surface area contributed by atoms with E-state index in [9.17, 15) is 9.59 Å². The molecular formula is C25H18Cl2O6. The van der Waals surface area contributed by atoms with Crippen LogP contribution in [0.5, 0.6) is 23.0 Å². The number of Topliss-reactive ketones (excluding diaryl/α,β-unsaturated/α-hetero) is 1. The number of allylic oxidation sites excluding steroid dienone is 1. The maximum Gasteiger partial charge on any atom is 0.343 e. The van der Waals surface area contributed by atoms with Gasteiger partial charge in [-0.1, -0.05) is 29.3 Å². The Morgan fingerprint density at radius 2 is 1.61 bits per heavy atom. The number of carbonyl (C=O) groups is 2. The van der Waals surface area contributed by atoms with Crippen molar-refractivity contribution in [1.29, 1.82) is 0 Å². The van der Waals surface area contributed by atoms with E-state index in [-0.39, 0.29) is 22.9 Å². The third kappa shape index (κ3) is 4.27. The standard InChI is InChI=1S/C25H18Cl2O6/c1-13-19(33-25(29)14-7-9-20(30-2)21(11-14)31-3)10-8-15-23(28)22(32-24(13)15)12-16-17(26)5-4-6-18(16)27/h4-12H,1-3H3/b22-12-. The Balaban J connectivity index is 1.62. The summed E-state index contributed by atoms with van der Waals surface area (Å²) < 4.78 is 21.8. The van der Waals surface area contributed by atoms with Gasteiger partial charge in [-0.25, -0.2) is 4.79 Å². The zero-order valence-corrected chi connectivity index (χ0v) is 19.4. The second-order valence-electron chi connectivity index (χ2n) is 7.10. The molecule has 8 heteroatoms. The molecule has 3 aromatic carbocycles. The van der Waals surface area contributed by atoms with Crippen molar-refractivity contribution in [2.24, 2.45) is 0 Å². The lowest BCUT2D eigenvalue weighted by Crippen LogP contribution is -2.10.